The Balaban J connectivity index is 1.35. The summed E-state index contributed by atoms with van der Waals surface area (Å²) in [5, 5.41) is 9.27. The summed E-state index contributed by atoms with van der Waals surface area (Å²) in [7, 11) is 0. The molecule has 2 nitrogen and oxygen atoms in total. The molecule has 10 rings (SSSR count). The average molecular weight is 638 g/mol. The molecule has 2 heteroatoms. The molecule has 0 radical (unpaired) electrons. The highest BCUT2D eigenvalue weighted by Crippen LogP contribution is 2.49. The van der Waals surface area contributed by atoms with Crippen LogP contribution in [0.3, 0.4) is 0 Å². The van der Waals surface area contributed by atoms with Crippen LogP contribution in [0.25, 0.3) is 76.5 Å². The van der Waals surface area contributed by atoms with E-state index in [-0.39, 0.29) is 0 Å². The van der Waals surface area contributed by atoms with E-state index < -0.39 is 0 Å². The molecule has 0 aliphatic carbocycles. The Labute approximate surface area is 290 Å². The van der Waals surface area contributed by atoms with Crippen LogP contribution in [-0.4, -0.2) is 0 Å². The second-order valence-electron chi connectivity index (χ2n) is 12.8. The van der Waals surface area contributed by atoms with Gasteiger partial charge in [-0.3, -0.25) is 0 Å². The molecule has 0 saturated heterocycles. The molecule has 0 aliphatic heterocycles. The Morgan fingerprint density at radius 3 is 1.74 bits per heavy atom. The number of rotatable bonds is 5. The maximum atomic E-state index is 6.83. The molecule has 0 unspecified atom stereocenters. The molecular weight excluding hydrogens is 607 g/mol. The molecule has 234 valence electrons. The molecule has 1 aromatic heterocycles. The van der Waals surface area contributed by atoms with Crippen molar-refractivity contribution >= 4 is 71.3 Å². The Kier molecular flexibility index (Phi) is 6.53. The minimum absolute atomic E-state index is 0.883. The SMILES string of the molecule is c1ccc(-c2ccccc2N(c2cccc3ccccc23)c2cc3c(oc4cccc(-c5cccc6ccccc56)c43)c3ccccc23)cc1. The number of hydrogen-bond acceptors (Lipinski definition) is 2. The van der Waals surface area contributed by atoms with Gasteiger partial charge in [-0.1, -0.05) is 164 Å². The van der Waals surface area contributed by atoms with Crippen molar-refractivity contribution in [2.75, 3.05) is 4.90 Å². The predicted molar refractivity (Wildman–Crippen MR) is 212 cm³/mol. The van der Waals surface area contributed by atoms with Crippen molar-refractivity contribution < 1.29 is 4.42 Å². The van der Waals surface area contributed by atoms with Crippen LogP contribution in [0.15, 0.2) is 192 Å². The van der Waals surface area contributed by atoms with Gasteiger partial charge in [0.25, 0.3) is 0 Å². The molecule has 0 atom stereocenters. The Morgan fingerprint density at radius 2 is 0.900 bits per heavy atom. The van der Waals surface area contributed by atoms with Crippen LogP contribution in [0.5, 0.6) is 0 Å². The van der Waals surface area contributed by atoms with Gasteiger partial charge in [0.2, 0.25) is 0 Å². The quantitative estimate of drug-likeness (QED) is 0.187. The molecule has 0 amide bonds. The van der Waals surface area contributed by atoms with Crippen molar-refractivity contribution in [1.82, 2.24) is 0 Å². The molecule has 0 N–H and O–H groups in total. The third-order valence-corrected chi connectivity index (χ3v) is 10.0. The van der Waals surface area contributed by atoms with Gasteiger partial charge in [-0.05, 0) is 57.1 Å². The standard InChI is InChI=1S/C48H31NO/c1-2-15-33(16-3-1)36-23-10-11-28-43(36)49(44-29-13-20-34-18-5-7-22-37(34)44)45-31-42-47-40(38-26-12-19-32-17-4-6-21-35(32)38)27-14-30-46(47)50-48(42)41-25-9-8-24-39(41)45/h1-31H. The Morgan fingerprint density at radius 1 is 0.340 bits per heavy atom. The van der Waals surface area contributed by atoms with Gasteiger partial charge < -0.3 is 9.32 Å². The van der Waals surface area contributed by atoms with Gasteiger partial charge in [-0.2, -0.15) is 0 Å². The smallest absolute Gasteiger partial charge is 0.143 e. The van der Waals surface area contributed by atoms with E-state index in [4.69, 9.17) is 4.42 Å². The highest BCUT2D eigenvalue weighted by Gasteiger charge is 2.24. The molecule has 0 aliphatic rings. The van der Waals surface area contributed by atoms with Crippen LogP contribution in [0.1, 0.15) is 0 Å². The first kappa shape index (κ1) is 28.4. The van der Waals surface area contributed by atoms with E-state index >= 15 is 0 Å². The lowest BCUT2D eigenvalue weighted by molar-refractivity contribution is 0.673. The van der Waals surface area contributed by atoms with Crippen LogP contribution in [-0.2, 0) is 0 Å². The molecule has 0 bridgehead atoms. The van der Waals surface area contributed by atoms with E-state index in [1.807, 2.05) is 0 Å². The fraction of sp³-hybridized carbons (Fsp3) is 0. The van der Waals surface area contributed by atoms with Gasteiger partial charge in [0.15, 0.2) is 0 Å². The zero-order chi connectivity index (χ0) is 33.0. The minimum atomic E-state index is 0.883. The van der Waals surface area contributed by atoms with E-state index in [0.29, 0.717) is 0 Å². The van der Waals surface area contributed by atoms with Crippen LogP contribution in [0.2, 0.25) is 0 Å². The van der Waals surface area contributed by atoms with Crippen LogP contribution in [0, 0.1) is 0 Å². The normalized spacial score (nSPS) is 11.6. The summed E-state index contributed by atoms with van der Waals surface area (Å²) in [6, 6.07) is 67.4. The van der Waals surface area contributed by atoms with E-state index in [2.05, 4.69) is 193 Å². The summed E-state index contributed by atoms with van der Waals surface area (Å²) in [5.41, 5.74) is 9.83. The number of benzene rings is 9. The second-order valence-corrected chi connectivity index (χ2v) is 12.8. The van der Waals surface area contributed by atoms with Crippen molar-refractivity contribution in [1.29, 1.82) is 0 Å². The fourth-order valence-corrected chi connectivity index (χ4v) is 7.82. The number of fused-ring (bicyclic) bond motifs is 7. The molecule has 50 heavy (non-hydrogen) atoms. The third-order valence-electron chi connectivity index (χ3n) is 10.0. The zero-order valence-corrected chi connectivity index (χ0v) is 27.3. The lowest BCUT2D eigenvalue weighted by Gasteiger charge is -2.30. The van der Waals surface area contributed by atoms with Crippen molar-refractivity contribution in [2.45, 2.75) is 0 Å². The third kappa shape index (κ3) is 4.43. The van der Waals surface area contributed by atoms with Crippen LogP contribution in [0.4, 0.5) is 17.1 Å². The molecule has 1 heterocycles. The minimum Gasteiger partial charge on any atom is -0.455 e. The van der Waals surface area contributed by atoms with E-state index in [1.54, 1.807) is 0 Å². The van der Waals surface area contributed by atoms with Crippen molar-refractivity contribution in [3.8, 4) is 22.3 Å². The second kappa shape index (κ2) is 11.5. The van der Waals surface area contributed by atoms with E-state index in [0.717, 1.165) is 49.8 Å². The van der Waals surface area contributed by atoms with Gasteiger partial charge in [-0.25, -0.2) is 0 Å². The summed E-state index contributed by atoms with van der Waals surface area (Å²) >= 11 is 0. The van der Waals surface area contributed by atoms with Gasteiger partial charge in [-0.15, -0.1) is 0 Å². The molecule has 0 spiro atoms. The largest absolute Gasteiger partial charge is 0.455 e. The summed E-state index contributed by atoms with van der Waals surface area (Å²) in [4.78, 5) is 2.46. The molecule has 0 saturated carbocycles. The van der Waals surface area contributed by atoms with Crippen LogP contribution >= 0.6 is 0 Å². The van der Waals surface area contributed by atoms with Gasteiger partial charge in [0, 0.05) is 32.5 Å². The monoisotopic (exact) mass is 637 g/mol. The summed E-state index contributed by atoms with van der Waals surface area (Å²) in [6.07, 6.45) is 0. The zero-order valence-electron chi connectivity index (χ0n) is 27.3. The van der Waals surface area contributed by atoms with Crippen molar-refractivity contribution in [3.63, 3.8) is 0 Å². The number of furan rings is 1. The number of anilines is 3. The molecular formula is C48H31NO. The van der Waals surface area contributed by atoms with Gasteiger partial charge in [0.05, 0.1) is 17.1 Å². The summed E-state index contributed by atoms with van der Waals surface area (Å²) < 4.78 is 6.83. The van der Waals surface area contributed by atoms with Crippen LogP contribution < -0.4 is 4.90 Å². The summed E-state index contributed by atoms with van der Waals surface area (Å²) in [6.45, 7) is 0. The Bertz CT molecular complexity index is 2870. The molecule has 0 fully saturated rings. The summed E-state index contributed by atoms with van der Waals surface area (Å²) in [5.74, 6) is 0. The Hall–Kier alpha value is -6.64. The molecule has 9 aromatic carbocycles. The van der Waals surface area contributed by atoms with Gasteiger partial charge in [0.1, 0.15) is 11.2 Å². The first-order valence-corrected chi connectivity index (χ1v) is 17.1. The maximum absolute atomic E-state index is 6.83. The highest BCUT2D eigenvalue weighted by molar-refractivity contribution is 6.24. The lowest BCUT2D eigenvalue weighted by atomic mass is 9.93. The number of para-hydroxylation sites is 1. The topological polar surface area (TPSA) is 16.4 Å². The number of nitrogens with zero attached hydrogens (tertiary/aromatic N) is 1. The number of hydrogen-bond donors (Lipinski definition) is 0. The average Bonchev–Trinajstić information content (AvgIpc) is 3.58. The highest BCUT2D eigenvalue weighted by atomic mass is 16.3. The van der Waals surface area contributed by atoms with Gasteiger partial charge >= 0.3 is 0 Å². The van der Waals surface area contributed by atoms with E-state index in [9.17, 15) is 0 Å². The fourth-order valence-electron chi connectivity index (χ4n) is 7.82. The first-order chi connectivity index (χ1) is 24.8. The maximum Gasteiger partial charge on any atom is 0.143 e. The van der Waals surface area contributed by atoms with Crippen molar-refractivity contribution in [3.05, 3.63) is 188 Å². The first-order valence-electron chi connectivity index (χ1n) is 17.1. The van der Waals surface area contributed by atoms with Crippen molar-refractivity contribution in [2.24, 2.45) is 0 Å². The predicted octanol–water partition coefficient (Wildman–Crippen LogP) is 13.8. The lowest BCUT2D eigenvalue weighted by Crippen LogP contribution is -2.12. The molecule has 10 aromatic rings. The van der Waals surface area contributed by atoms with E-state index in [1.165, 1.54) is 43.8 Å².